The molecule has 5 rings (SSSR count). The molecule has 34 heavy (non-hydrogen) atoms. The van der Waals surface area contributed by atoms with Crippen LogP contribution in [0.15, 0.2) is 29.8 Å². The van der Waals surface area contributed by atoms with Crippen molar-refractivity contribution in [1.29, 1.82) is 10.5 Å². The van der Waals surface area contributed by atoms with Crippen molar-refractivity contribution in [1.82, 2.24) is 4.57 Å². The molecule has 7 nitrogen and oxygen atoms in total. The molecular weight excluding hydrogens is 448 g/mol. The van der Waals surface area contributed by atoms with E-state index in [0.29, 0.717) is 22.1 Å². The summed E-state index contributed by atoms with van der Waals surface area (Å²) < 4.78 is 12.9. The number of ether oxygens (including phenoxy) is 2. The highest BCUT2D eigenvalue weighted by molar-refractivity contribution is 7.16. The van der Waals surface area contributed by atoms with E-state index in [-0.39, 0.29) is 12.4 Å². The fourth-order valence-electron chi connectivity index (χ4n) is 4.60. The van der Waals surface area contributed by atoms with Gasteiger partial charge in [-0.1, -0.05) is 0 Å². The molecule has 2 aliphatic rings. The Labute approximate surface area is 201 Å². The Morgan fingerprint density at radius 1 is 1.15 bits per heavy atom. The van der Waals surface area contributed by atoms with E-state index in [2.05, 4.69) is 11.4 Å². The van der Waals surface area contributed by atoms with Crippen LogP contribution in [0.3, 0.4) is 0 Å². The fraction of sp³-hybridized carbons (Fsp3) is 0.269. The second-order valence-electron chi connectivity index (χ2n) is 8.35. The van der Waals surface area contributed by atoms with E-state index in [0.717, 1.165) is 58.8 Å². The standard InChI is InChI=1S/C26H22N4O3S/c1-15-9-17(16(2)30(15)19-7-8-22-23(11-19)33-14-32-22)10-18(12-27)25(31)29-26-21(13-28)20-5-3-4-6-24(20)34-26/h7-11H,3-6,14H2,1-2H3,(H,29,31)/b18-10-. The van der Waals surface area contributed by atoms with Gasteiger partial charge in [0.2, 0.25) is 6.79 Å². The molecule has 1 aliphatic carbocycles. The first-order valence-electron chi connectivity index (χ1n) is 11.1. The van der Waals surface area contributed by atoms with Gasteiger partial charge in [-0.25, -0.2) is 0 Å². The smallest absolute Gasteiger partial charge is 0.266 e. The summed E-state index contributed by atoms with van der Waals surface area (Å²) >= 11 is 1.45. The van der Waals surface area contributed by atoms with E-state index < -0.39 is 5.91 Å². The number of nitrogens with zero attached hydrogens (tertiary/aromatic N) is 3. The molecule has 0 radical (unpaired) electrons. The Morgan fingerprint density at radius 2 is 1.94 bits per heavy atom. The van der Waals surface area contributed by atoms with Gasteiger partial charge < -0.3 is 19.4 Å². The zero-order valence-corrected chi connectivity index (χ0v) is 19.7. The lowest BCUT2D eigenvalue weighted by atomic mass is 9.96. The van der Waals surface area contributed by atoms with Gasteiger partial charge in [0.15, 0.2) is 11.5 Å². The maximum Gasteiger partial charge on any atom is 0.266 e. The van der Waals surface area contributed by atoms with Gasteiger partial charge in [-0.2, -0.15) is 10.5 Å². The topological polar surface area (TPSA) is 100 Å². The van der Waals surface area contributed by atoms with E-state index in [4.69, 9.17) is 9.47 Å². The highest BCUT2D eigenvalue weighted by atomic mass is 32.1. The minimum absolute atomic E-state index is 0.0128. The predicted molar refractivity (Wildman–Crippen MR) is 129 cm³/mol. The quantitative estimate of drug-likeness (QED) is 0.418. The summed E-state index contributed by atoms with van der Waals surface area (Å²) in [5, 5.41) is 22.7. The van der Waals surface area contributed by atoms with Crippen LogP contribution in [0.4, 0.5) is 5.00 Å². The maximum atomic E-state index is 13.0. The Morgan fingerprint density at radius 3 is 2.74 bits per heavy atom. The minimum Gasteiger partial charge on any atom is -0.454 e. The number of aryl methyl sites for hydroxylation is 2. The first-order chi connectivity index (χ1) is 16.5. The van der Waals surface area contributed by atoms with Crippen molar-refractivity contribution in [2.24, 2.45) is 0 Å². The Bertz CT molecular complexity index is 1430. The first kappa shape index (κ1) is 21.8. The van der Waals surface area contributed by atoms with Gasteiger partial charge in [-0.15, -0.1) is 11.3 Å². The Kier molecular flexibility index (Phi) is 5.61. The number of hydrogen-bond donors (Lipinski definition) is 1. The second-order valence-corrected chi connectivity index (χ2v) is 9.46. The number of fused-ring (bicyclic) bond motifs is 2. The third-order valence-corrected chi connectivity index (χ3v) is 7.47. The average Bonchev–Trinajstić information content (AvgIpc) is 3.51. The number of carbonyl (C=O) groups excluding carboxylic acids is 1. The van der Waals surface area contributed by atoms with Crippen molar-refractivity contribution >= 4 is 28.3 Å². The predicted octanol–water partition coefficient (Wildman–Crippen LogP) is 5.18. The molecule has 0 saturated heterocycles. The van der Waals surface area contributed by atoms with Crippen molar-refractivity contribution in [3.8, 4) is 29.3 Å². The van der Waals surface area contributed by atoms with Gasteiger partial charge in [0, 0.05) is 28.0 Å². The molecule has 1 aliphatic heterocycles. The Hall–Kier alpha value is -4.01. The lowest BCUT2D eigenvalue weighted by Crippen LogP contribution is -2.13. The summed E-state index contributed by atoms with van der Waals surface area (Å²) in [7, 11) is 0. The molecule has 0 saturated carbocycles. The van der Waals surface area contributed by atoms with Crippen LogP contribution in [0.5, 0.6) is 11.5 Å². The highest BCUT2D eigenvalue weighted by Gasteiger charge is 2.23. The van der Waals surface area contributed by atoms with Crippen molar-refractivity contribution < 1.29 is 14.3 Å². The summed E-state index contributed by atoms with van der Waals surface area (Å²) in [6, 6.07) is 11.9. The number of hydrogen-bond acceptors (Lipinski definition) is 6. The van der Waals surface area contributed by atoms with Crippen molar-refractivity contribution in [3.63, 3.8) is 0 Å². The SMILES string of the molecule is Cc1cc(/C=C(/C#N)C(=O)Nc2sc3c(c2C#N)CCCC3)c(C)n1-c1ccc2c(c1)OCO2. The summed E-state index contributed by atoms with van der Waals surface area (Å²) in [5.74, 6) is 0.887. The molecule has 0 atom stereocenters. The molecule has 2 aromatic heterocycles. The molecule has 1 N–H and O–H groups in total. The third kappa shape index (κ3) is 3.72. The molecule has 1 amide bonds. The average molecular weight is 471 g/mol. The number of nitrogens with one attached hydrogen (secondary N) is 1. The van der Waals surface area contributed by atoms with E-state index in [9.17, 15) is 15.3 Å². The molecule has 0 fully saturated rings. The largest absolute Gasteiger partial charge is 0.454 e. The molecule has 8 heteroatoms. The van der Waals surface area contributed by atoms with Crippen molar-refractivity contribution in [3.05, 3.63) is 62.8 Å². The number of amides is 1. The number of carbonyl (C=O) groups is 1. The van der Waals surface area contributed by atoms with Gasteiger partial charge in [-0.05, 0) is 74.9 Å². The lowest BCUT2D eigenvalue weighted by Gasteiger charge is -2.10. The summed E-state index contributed by atoms with van der Waals surface area (Å²) in [4.78, 5) is 14.1. The molecule has 3 aromatic rings. The minimum atomic E-state index is -0.509. The number of aromatic nitrogens is 1. The van der Waals surface area contributed by atoms with Gasteiger partial charge in [0.05, 0.1) is 5.56 Å². The zero-order chi connectivity index (χ0) is 23.8. The van der Waals surface area contributed by atoms with Crippen LogP contribution in [0.2, 0.25) is 0 Å². The molecule has 0 spiro atoms. The monoisotopic (exact) mass is 470 g/mol. The second kappa shape index (κ2) is 8.74. The number of thiophene rings is 1. The number of nitriles is 2. The van der Waals surface area contributed by atoms with Crippen molar-refractivity contribution in [2.75, 3.05) is 12.1 Å². The van der Waals surface area contributed by atoms with Gasteiger partial charge in [-0.3, -0.25) is 4.79 Å². The van der Waals surface area contributed by atoms with Crippen LogP contribution in [0, 0.1) is 36.5 Å². The van der Waals surface area contributed by atoms with Gasteiger partial charge in [0.1, 0.15) is 22.7 Å². The lowest BCUT2D eigenvalue weighted by molar-refractivity contribution is -0.112. The Balaban J connectivity index is 1.45. The van der Waals surface area contributed by atoms with Crippen LogP contribution < -0.4 is 14.8 Å². The fourth-order valence-corrected chi connectivity index (χ4v) is 5.84. The number of rotatable bonds is 4. The molecule has 0 bridgehead atoms. The molecule has 0 unspecified atom stereocenters. The zero-order valence-electron chi connectivity index (χ0n) is 18.9. The number of benzene rings is 1. The molecular formula is C26H22N4O3S. The summed E-state index contributed by atoms with van der Waals surface area (Å²) in [6.07, 6.45) is 5.53. The maximum absolute atomic E-state index is 13.0. The van der Waals surface area contributed by atoms with Crippen LogP contribution in [0.1, 0.15) is 45.8 Å². The van der Waals surface area contributed by atoms with Crippen LogP contribution in [-0.2, 0) is 17.6 Å². The van der Waals surface area contributed by atoms with Crippen LogP contribution in [-0.4, -0.2) is 17.3 Å². The van der Waals surface area contributed by atoms with E-state index >= 15 is 0 Å². The van der Waals surface area contributed by atoms with Crippen molar-refractivity contribution in [2.45, 2.75) is 39.5 Å². The summed E-state index contributed by atoms with van der Waals surface area (Å²) in [6.45, 7) is 4.12. The highest BCUT2D eigenvalue weighted by Crippen LogP contribution is 2.38. The first-order valence-corrected chi connectivity index (χ1v) is 11.9. The van der Waals surface area contributed by atoms with Crippen LogP contribution >= 0.6 is 11.3 Å². The van der Waals surface area contributed by atoms with Gasteiger partial charge in [0.25, 0.3) is 5.91 Å². The van der Waals surface area contributed by atoms with Gasteiger partial charge >= 0.3 is 0 Å². The van der Waals surface area contributed by atoms with E-state index in [1.165, 1.54) is 11.3 Å². The number of anilines is 1. The molecule has 170 valence electrons. The normalized spacial score (nSPS) is 14.3. The molecule has 3 heterocycles. The molecule has 1 aromatic carbocycles. The van der Waals surface area contributed by atoms with Crippen LogP contribution in [0.25, 0.3) is 11.8 Å². The summed E-state index contributed by atoms with van der Waals surface area (Å²) in [5.41, 5.74) is 5.09. The van der Waals surface area contributed by atoms with E-state index in [1.807, 2.05) is 48.7 Å². The third-order valence-electron chi connectivity index (χ3n) is 6.26. The van der Waals surface area contributed by atoms with E-state index in [1.54, 1.807) is 6.08 Å².